The largest absolute Gasteiger partial charge is 0.322 e. The molecule has 196 valence electrons. The number of hydrogen-bond donors (Lipinski definition) is 3. The summed E-state index contributed by atoms with van der Waals surface area (Å²) in [4.78, 5) is 12.6. The third kappa shape index (κ3) is 6.52. The molecule has 0 unspecified atom stereocenters. The molecule has 0 aliphatic heterocycles. The normalized spacial score (nSPS) is 11.6. The number of rotatable bonds is 8. The van der Waals surface area contributed by atoms with Gasteiger partial charge in [0.25, 0.3) is 26.0 Å². The smallest absolute Gasteiger partial charge is 0.263 e. The standard InChI is InChI=1S/C27H24ClN3O5S2/c1-18-3-8-22(9-4-18)30-37(33,34)24-14-12-21(13-15-24)29-27(32)20-7-16-25(28)26(17-20)38(35,36)31-23-10-5-19(2)6-11-23/h3-17,30-31H,1-2H3,(H,29,32). The van der Waals surface area contributed by atoms with Crippen LogP contribution in [-0.4, -0.2) is 22.7 Å². The molecule has 0 heterocycles. The maximum absolute atomic E-state index is 12.9. The lowest BCUT2D eigenvalue weighted by atomic mass is 10.2. The van der Waals surface area contributed by atoms with Gasteiger partial charge in [-0.3, -0.25) is 14.2 Å². The number of sulfonamides is 2. The summed E-state index contributed by atoms with van der Waals surface area (Å²) in [6, 6.07) is 23.2. The molecule has 0 radical (unpaired) electrons. The Morgan fingerprint density at radius 1 is 0.632 bits per heavy atom. The average Bonchev–Trinajstić information content (AvgIpc) is 2.87. The molecule has 38 heavy (non-hydrogen) atoms. The molecule has 0 saturated carbocycles. The number of aryl methyl sites for hydroxylation is 2. The molecule has 0 saturated heterocycles. The summed E-state index contributed by atoms with van der Waals surface area (Å²) in [6.45, 7) is 3.78. The van der Waals surface area contributed by atoms with Gasteiger partial charge >= 0.3 is 0 Å². The van der Waals surface area contributed by atoms with Crippen LogP contribution >= 0.6 is 11.6 Å². The van der Waals surface area contributed by atoms with E-state index in [-0.39, 0.29) is 20.4 Å². The highest BCUT2D eigenvalue weighted by molar-refractivity contribution is 7.93. The fourth-order valence-corrected chi connectivity index (χ4v) is 6.08. The Hall–Kier alpha value is -3.86. The highest BCUT2D eigenvalue weighted by atomic mass is 35.5. The van der Waals surface area contributed by atoms with Gasteiger partial charge in [-0.05, 0) is 80.6 Å². The first-order chi connectivity index (χ1) is 17.9. The molecule has 3 N–H and O–H groups in total. The second-order valence-electron chi connectivity index (χ2n) is 8.57. The van der Waals surface area contributed by atoms with Gasteiger partial charge in [0, 0.05) is 22.6 Å². The Bertz CT molecular complexity index is 1690. The number of carbonyl (C=O) groups is 1. The number of hydrogen-bond acceptors (Lipinski definition) is 5. The van der Waals surface area contributed by atoms with E-state index in [0.29, 0.717) is 17.1 Å². The number of anilines is 3. The van der Waals surface area contributed by atoms with Crippen LogP contribution in [-0.2, 0) is 20.0 Å². The summed E-state index contributed by atoms with van der Waals surface area (Å²) in [6.07, 6.45) is 0. The summed E-state index contributed by atoms with van der Waals surface area (Å²) in [5.74, 6) is -0.596. The van der Waals surface area contributed by atoms with E-state index in [1.54, 1.807) is 48.5 Å². The van der Waals surface area contributed by atoms with Crippen LogP contribution in [0.25, 0.3) is 0 Å². The topological polar surface area (TPSA) is 121 Å². The van der Waals surface area contributed by atoms with Gasteiger partial charge in [-0.15, -0.1) is 0 Å². The van der Waals surface area contributed by atoms with Crippen molar-refractivity contribution in [1.29, 1.82) is 0 Å². The van der Waals surface area contributed by atoms with Crippen molar-refractivity contribution in [3.05, 3.63) is 113 Å². The molecule has 4 aromatic rings. The van der Waals surface area contributed by atoms with Crippen molar-refractivity contribution in [2.75, 3.05) is 14.8 Å². The molecule has 11 heteroatoms. The number of benzene rings is 4. The van der Waals surface area contributed by atoms with Gasteiger partial charge in [0.05, 0.1) is 9.92 Å². The molecule has 0 aromatic heterocycles. The molecule has 0 atom stereocenters. The van der Waals surface area contributed by atoms with Crippen LogP contribution in [0.4, 0.5) is 17.1 Å². The van der Waals surface area contributed by atoms with Gasteiger partial charge in [0.1, 0.15) is 4.90 Å². The first kappa shape index (κ1) is 27.2. The van der Waals surface area contributed by atoms with Crippen molar-refractivity contribution in [3.8, 4) is 0 Å². The van der Waals surface area contributed by atoms with Crippen LogP contribution < -0.4 is 14.8 Å². The molecular weight excluding hydrogens is 546 g/mol. The number of carbonyl (C=O) groups excluding carboxylic acids is 1. The first-order valence-electron chi connectivity index (χ1n) is 11.3. The minimum Gasteiger partial charge on any atom is -0.322 e. The van der Waals surface area contributed by atoms with E-state index in [1.165, 1.54) is 42.5 Å². The van der Waals surface area contributed by atoms with E-state index >= 15 is 0 Å². The zero-order valence-corrected chi connectivity index (χ0v) is 22.8. The predicted molar refractivity (Wildman–Crippen MR) is 150 cm³/mol. The fourth-order valence-electron chi connectivity index (χ4n) is 3.44. The number of nitrogens with one attached hydrogen (secondary N) is 3. The van der Waals surface area contributed by atoms with Crippen molar-refractivity contribution < 1.29 is 21.6 Å². The molecule has 4 rings (SSSR count). The van der Waals surface area contributed by atoms with Crippen molar-refractivity contribution in [2.24, 2.45) is 0 Å². The molecule has 8 nitrogen and oxygen atoms in total. The van der Waals surface area contributed by atoms with E-state index in [0.717, 1.165) is 11.1 Å². The minimum absolute atomic E-state index is 0.0122. The van der Waals surface area contributed by atoms with Crippen molar-refractivity contribution in [1.82, 2.24) is 0 Å². The van der Waals surface area contributed by atoms with Crippen molar-refractivity contribution in [2.45, 2.75) is 23.6 Å². The second-order valence-corrected chi connectivity index (χ2v) is 12.3. The van der Waals surface area contributed by atoms with Gasteiger partial charge in [-0.1, -0.05) is 47.0 Å². The van der Waals surface area contributed by atoms with Crippen LogP contribution in [0.5, 0.6) is 0 Å². The van der Waals surface area contributed by atoms with E-state index < -0.39 is 26.0 Å². The Balaban J connectivity index is 1.49. The molecule has 0 fully saturated rings. The lowest BCUT2D eigenvalue weighted by Crippen LogP contribution is -2.17. The lowest BCUT2D eigenvalue weighted by Gasteiger charge is -2.12. The van der Waals surface area contributed by atoms with E-state index in [2.05, 4.69) is 14.8 Å². The zero-order chi connectivity index (χ0) is 27.5. The predicted octanol–water partition coefficient (Wildman–Crippen LogP) is 5.81. The van der Waals surface area contributed by atoms with Gasteiger partial charge in [0.15, 0.2) is 0 Å². The maximum Gasteiger partial charge on any atom is 0.263 e. The molecule has 4 aromatic carbocycles. The fraction of sp³-hybridized carbons (Fsp3) is 0.0741. The number of halogens is 1. The van der Waals surface area contributed by atoms with E-state index in [4.69, 9.17) is 11.6 Å². The molecule has 0 aliphatic carbocycles. The minimum atomic E-state index is -4.07. The Morgan fingerprint density at radius 2 is 1.11 bits per heavy atom. The second kappa shape index (κ2) is 10.9. The molecule has 0 aliphatic rings. The van der Waals surface area contributed by atoms with Gasteiger partial charge in [-0.2, -0.15) is 0 Å². The molecule has 1 amide bonds. The summed E-state index contributed by atoms with van der Waals surface area (Å²) < 4.78 is 56.2. The molecule has 0 spiro atoms. The van der Waals surface area contributed by atoms with Crippen LogP contribution in [0, 0.1) is 13.8 Å². The van der Waals surface area contributed by atoms with Gasteiger partial charge < -0.3 is 5.32 Å². The van der Waals surface area contributed by atoms with Gasteiger partial charge in [0.2, 0.25) is 0 Å². The lowest BCUT2D eigenvalue weighted by molar-refractivity contribution is 0.102. The maximum atomic E-state index is 12.9. The quantitative estimate of drug-likeness (QED) is 0.247. The Morgan fingerprint density at radius 3 is 1.63 bits per heavy atom. The summed E-state index contributed by atoms with van der Waals surface area (Å²) >= 11 is 6.15. The molecular formula is C27H24ClN3O5S2. The zero-order valence-electron chi connectivity index (χ0n) is 20.4. The van der Waals surface area contributed by atoms with E-state index in [1.807, 2.05) is 13.8 Å². The monoisotopic (exact) mass is 569 g/mol. The van der Waals surface area contributed by atoms with Crippen LogP contribution in [0.2, 0.25) is 5.02 Å². The Labute approximate surface area is 226 Å². The molecule has 0 bridgehead atoms. The van der Waals surface area contributed by atoms with Crippen molar-refractivity contribution in [3.63, 3.8) is 0 Å². The van der Waals surface area contributed by atoms with Crippen LogP contribution in [0.3, 0.4) is 0 Å². The summed E-state index contributed by atoms with van der Waals surface area (Å²) in [5, 5.41) is 2.59. The van der Waals surface area contributed by atoms with Crippen LogP contribution in [0.15, 0.2) is 101 Å². The number of amides is 1. The third-order valence-corrected chi connectivity index (χ3v) is 8.77. The van der Waals surface area contributed by atoms with E-state index in [9.17, 15) is 21.6 Å². The summed E-state index contributed by atoms with van der Waals surface area (Å²) in [5.41, 5.74) is 3.13. The average molecular weight is 570 g/mol. The highest BCUT2D eigenvalue weighted by Crippen LogP contribution is 2.26. The first-order valence-corrected chi connectivity index (χ1v) is 14.7. The van der Waals surface area contributed by atoms with Crippen LogP contribution in [0.1, 0.15) is 21.5 Å². The SMILES string of the molecule is Cc1ccc(NS(=O)(=O)c2ccc(NC(=O)c3ccc(Cl)c(S(=O)(=O)Nc4ccc(C)cc4)c3)cc2)cc1. The highest BCUT2D eigenvalue weighted by Gasteiger charge is 2.21. The summed E-state index contributed by atoms with van der Waals surface area (Å²) in [7, 11) is -7.90. The third-order valence-electron chi connectivity index (χ3n) is 5.51. The Kier molecular flexibility index (Phi) is 7.77. The van der Waals surface area contributed by atoms with Gasteiger partial charge in [-0.25, -0.2) is 16.8 Å². The van der Waals surface area contributed by atoms with Crippen molar-refractivity contribution >= 4 is 54.6 Å².